The lowest BCUT2D eigenvalue weighted by Crippen LogP contribution is -2.15. The van der Waals surface area contributed by atoms with Crippen LogP contribution in [0.5, 0.6) is 5.75 Å². The molecule has 6 nitrogen and oxygen atoms in total. The Hall–Kier alpha value is -2.19. The molecule has 2 rings (SSSR count). The molecular formula is C17H20N2O4S2. The summed E-state index contributed by atoms with van der Waals surface area (Å²) >= 11 is 1.46. The van der Waals surface area contributed by atoms with E-state index in [0.29, 0.717) is 17.1 Å². The molecule has 25 heavy (non-hydrogen) atoms. The van der Waals surface area contributed by atoms with Crippen LogP contribution in [0.2, 0.25) is 0 Å². The number of amides is 1. The summed E-state index contributed by atoms with van der Waals surface area (Å²) < 4.78 is 30.2. The fourth-order valence-electron chi connectivity index (χ4n) is 2.11. The van der Waals surface area contributed by atoms with Gasteiger partial charge in [-0.3, -0.25) is 9.52 Å². The van der Waals surface area contributed by atoms with Gasteiger partial charge >= 0.3 is 0 Å². The molecule has 0 unspecified atom stereocenters. The van der Waals surface area contributed by atoms with E-state index in [1.165, 1.54) is 18.9 Å². The largest absolute Gasteiger partial charge is 0.494 e. The number of ether oxygens (including phenoxy) is 1. The molecule has 0 fully saturated rings. The van der Waals surface area contributed by atoms with Gasteiger partial charge in [0.05, 0.1) is 24.8 Å². The smallest absolute Gasteiger partial charge is 0.234 e. The van der Waals surface area contributed by atoms with Gasteiger partial charge in [0.25, 0.3) is 0 Å². The van der Waals surface area contributed by atoms with E-state index in [4.69, 9.17) is 4.74 Å². The van der Waals surface area contributed by atoms with Gasteiger partial charge in [-0.05, 0) is 30.7 Å². The molecule has 0 aliphatic rings. The van der Waals surface area contributed by atoms with Crippen LogP contribution < -0.4 is 14.8 Å². The summed E-state index contributed by atoms with van der Waals surface area (Å²) in [5.41, 5.74) is 1.97. The van der Waals surface area contributed by atoms with Crippen molar-refractivity contribution >= 4 is 39.1 Å². The minimum atomic E-state index is -3.41. The van der Waals surface area contributed by atoms with Crippen LogP contribution in [-0.4, -0.2) is 33.4 Å². The fourth-order valence-corrected chi connectivity index (χ4v) is 3.51. The fraction of sp³-hybridized carbons (Fsp3) is 0.235. The van der Waals surface area contributed by atoms with Crippen molar-refractivity contribution in [3.8, 4) is 5.75 Å². The SMILES string of the molecule is COc1cc(NC(=O)CSc2ccccc2C)ccc1NS(C)(=O)=O. The predicted octanol–water partition coefficient (Wildman–Crippen LogP) is 3.11. The highest BCUT2D eigenvalue weighted by molar-refractivity contribution is 8.00. The molecule has 0 aromatic heterocycles. The number of anilines is 2. The quantitative estimate of drug-likeness (QED) is 0.721. The second kappa shape index (κ2) is 8.26. The van der Waals surface area contributed by atoms with Gasteiger partial charge in [0.15, 0.2) is 0 Å². The highest BCUT2D eigenvalue weighted by Crippen LogP contribution is 2.29. The average molecular weight is 380 g/mol. The van der Waals surface area contributed by atoms with Gasteiger partial charge in [-0.1, -0.05) is 18.2 Å². The zero-order chi connectivity index (χ0) is 18.4. The molecule has 0 aliphatic carbocycles. The van der Waals surface area contributed by atoms with E-state index in [1.807, 2.05) is 31.2 Å². The second-order valence-electron chi connectivity index (χ2n) is 5.39. The number of carbonyl (C=O) groups excluding carboxylic acids is 1. The topological polar surface area (TPSA) is 84.5 Å². The maximum absolute atomic E-state index is 12.1. The molecule has 0 saturated carbocycles. The Morgan fingerprint density at radius 1 is 1.20 bits per heavy atom. The highest BCUT2D eigenvalue weighted by atomic mass is 32.2. The van der Waals surface area contributed by atoms with E-state index in [2.05, 4.69) is 10.0 Å². The van der Waals surface area contributed by atoms with E-state index >= 15 is 0 Å². The Balaban J connectivity index is 2.02. The van der Waals surface area contributed by atoms with Crippen molar-refractivity contribution in [2.24, 2.45) is 0 Å². The minimum Gasteiger partial charge on any atom is -0.494 e. The van der Waals surface area contributed by atoms with Crippen LogP contribution >= 0.6 is 11.8 Å². The first-order valence-electron chi connectivity index (χ1n) is 7.42. The van der Waals surface area contributed by atoms with Crippen molar-refractivity contribution in [2.75, 3.05) is 29.2 Å². The van der Waals surface area contributed by atoms with Crippen LogP contribution in [0.25, 0.3) is 0 Å². The Kier molecular flexibility index (Phi) is 6.33. The number of benzene rings is 2. The van der Waals surface area contributed by atoms with Gasteiger partial charge in [0.1, 0.15) is 5.75 Å². The third-order valence-electron chi connectivity index (χ3n) is 3.23. The maximum Gasteiger partial charge on any atom is 0.234 e. The van der Waals surface area contributed by atoms with Crippen LogP contribution in [0, 0.1) is 6.92 Å². The number of aryl methyl sites for hydroxylation is 1. The molecule has 0 radical (unpaired) electrons. The molecule has 2 N–H and O–H groups in total. The van der Waals surface area contributed by atoms with E-state index < -0.39 is 10.0 Å². The predicted molar refractivity (Wildman–Crippen MR) is 102 cm³/mol. The molecule has 0 aliphatic heterocycles. The summed E-state index contributed by atoms with van der Waals surface area (Å²) in [6, 6.07) is 12.6. The molecule has 0 saturated heterocycles. The summed E-state index contributed by atoms with van der Waals surface area (Å²) in [6.45, 7) is 2.00. The Morgan fingerprint density at radius 2 is 1.92 bits per heavy atom. The van der Waals surface area contributed by atoms with E-state index in [9.17, 15) is 13.2 Å². The van der Waals surface area contributed by atoms with Crippen LogP contribution in [0.1, 0.15) is 5.56 Å². The Bertz CT molecular complexity index is 867. The number of sulfonamides is 1. The number of carbonyl (C=O) groups is 1. The number of thioether (sulfide) groups is 1. The van der Waals surface area contributed by atoms with Gasteiger partial charge in [0.2, 0.25) is 15.9 Å². The minimum absolute atomic E-state index is 0.154. The molecular weight excluding hydrogens is 360 g/mol. The second-order valence-corrected chi connectivity index (χ2v) is 8.16. The molecule has 1 amide bonds. The molecule has 0 bridgehead atoms. The summed E-state index contributed by atoms with van der Waals surface area (Å²) in [5.74, 6) is 0.449. The van der Waals surface area contributed by atoms with E-state index in [1.54, 1.807) is 18.2 Å². The normalized spacial score (nSPS) is 11.0. The molecule has 2 aromatic carbocycles. The van der Waals surface area contributed by atoms with Gasteiger partial charge in [-0.15, -0.1) is 11.8 Å². The third kappa shape index (κ3) is 5.99. The molecule has 134 valence electrons. The lowest BCUT2D eigenvalue weighted by Gasteiger charge is -2.12. The van der Waals surface area contributed by atoms with Gasteiger partial charge in [-0.25, -0.2) is 8.42 Å². The van der Waals surface area contributed by atoms with Crippen molar-refractivity contribution in [3.63, 3.8) is 0 Å². The van der Waals surface area contributed by atoms with Gasteiger partial charge < -0.3 is 10.1 Å². The first-order valence-corrected chi connectivity index (χ1v) is 10.3. The monoisotopic (exact) mass is 380 g/mol. The number of methoxy groups -OCH3 is 1. The zero-order valence-corrected chi connectivity index (χ0v) is 15.8. The Morgan fingerprint density at radius 3 is 2.56 bits per heavy atom. The maximum atomic E-state index is 12.1. The van der Waals surface area contributed by atoms with Crippen molar-refractivity contribution in [1.82, 2.24) is 0 Å². The van der Waals surface area contributed by atoms with E-state index in [-0.39, 0.29) is 11.7 Å². The lowest BCUT2D eigenvalue weighted by molar-refractivity contribution is -0.113. The van der Waals surface area contributed by atoms with Crippen LogP contribution in [0.15, 0.2) is 47.4 Å². The van der Waals surface area contributed by atoms with Crippen molar-refractivity contribution in [2.45, 2.75) is 11.8 Å². The van der Waals surface area contributed by atoms with Crippen LogP contribution in [-0.2, 0) is 14.8 Å². The van der Waals surface area contributed by atoms with E-state index in [0.717, 1.165) is 16.7 Å². The highest BCUT2D eigenvalue weighted by Gasteiger charge is 2.11. The first-order chi connectivity index (χ1) is 11.8. The molecule has 8 heteroatoms. The summed E-state index contributed by atoms with van der Waals surface area (Å²) in [5, 5.41) is 2.78. The first kappa shape index (κ1) is 19.1. The number of nitrogens with one attached hydrogen (secondary N) is 2. The molecule has 0 atom stereocenters. The number of rotatable bonds is 7. The van der Waals surface area contributed by atoms with Gasteiger partial charge in [0, 0.05) is 16.6 Å². The average Bonchev–Trinajstić information content (AvgIpc) is 2.54. The lowest BCUT2D eigenvalue weighted by atomic mass is 10.2. The van der Waals surface area contributed by atoms with Gasteiger partial charge in [-0.2, -0.15) is 0 Å². The zero-order valence-electron chi connectivity index (χ0n) is 14.2. The number of hydrogen-bond acceptors (Lipinski definition) is 5. The van der Waals surface area contributed by atoms with Crippen LogP contribution in [0.4, 0.5) is 11.4 Å². The van der Waals surface area contributed by atoms with Crippen LogP contribution in [0.3, 0.4) is 0 Å². The standard InChI is InChI=1S/C17H20N2O4S2/c1-12-6-4-5-7-16(12)24-11-17(20)18-13-8-9-14(15(10-13)23-2)19-25(3,21)22/h4-10,19H,11H2,1-3H3,(H,18,20). The Labute approximate surface area is 152 Å². The summed E-state index contributed by atoms with van der Waals surface area (Å²) in [7, 11) is -1.98. The third-order valence-corrected chi connectivity index (χ3v) is 5.00. The van der Waals surface area contributed by atoms with Crippen molar-refractivity contribution in [1.29, 1.82) is 0 Å². The van der Waals surface area contributed by atoms with Crippen molar-refractivity contribution < 1.29 is 17.9 Å². The van der Waals surface area contributed by atoms with Crippen molar-refractivity contribution in [3.05, 3.63) is 48.0 Å². The summed E-state index contributed by atoms with van der Waals surface area (Å²) in [4.78, 5) is 13.2. The molecule has 0 heterocycles. The molecule has 0 spiro atoms. The summed E-state index contributed by atoms with van der Waals surface area (Å²) in [6.07, 6.45) is 1.06. The molecule has 2 aromatic rings. The number of hydrogen-bond donors (Lipinski definition) is 2.